The number of carboxylic acids is 1. The molecule has 2 aliphatic heterocycles. The number of rotatable bonds is 3. The summed E-state index contributed by atoms with van der Waals surface area (Å²) in [6, 6.07) is 0. The minimum Gasteiger partial charge on any atom is -0.479 e. The normalized spacial score (nSPS) is 32.1. The molecule has 2 unspecified atom stereocenters. The van der Waals surface area contributed by atoms with Gasteiger partial charge in [0.05, 0.1) is 18.1 Å². The second-order valence-electron chi connectivity index (χ2n) is 6.49. The van der Waals surface area contributed by atoms with Crippen molar-refractivity contribution in [3.63, 3.8) is 0 Å². The molecule has 1 saturated carbocycles. The van der Waals surface area contributed by atoms with Gasteiger partial charge in [0.15, 0.2) is 6.10 Å². The minimum atomic E-state index is -0.972. The Labute approximate surface area is 123 Å². The number of carbonyl (C=O) groups excluding carboxylic acids is 2. The Hall–Kier alpha value is -1.43. The SMILES string of the molecule is O=C(O)C1CCC(CN2C(=O)CC3(CCCCC3)C2=O)O1. The highest BCUT2D eigenvalue weighted by Crippen LogP contribution is 2.45. The standard InChI is InChI=1S/C15H21NO5/c17-12-8-15(6-2-1-3-7-15)14(20)16(12)9-10-4-5-11(21-10)13(18)19/h10-11H,1-9H2,(H,18,19). The van der Waals surface area contributed by atoms with Crippen LogP contribution in [0.2, 0.25) is 0 Å². The molecule has 0 aromatic rings. The summed E-state index contributed by atoms with van der Waals surface area (Å²) in [6.45, 7) is 0.212. The highest BCUT2D eigenvalue weighted by Gasteiger charge is 2.52. The Kier molecular flexibility index (Phi) is 3.73. The molecule has 2 amide bonds. The quantitative estimate of drug-likeness (QED) is 0.794. The molecule has 1 N–H and O–H groups in total. The molecule has 1 spiro atoms. The molecule has 2 atom stereocenters. The number of likely N-dealkylation sites (tertiary alicyclic amines) is 1. The highest BCUT2D eigenvalue weighted by molar-refractivity contribution is 6.06. The summed E-state index contributed by atoms with van der Waals surface area (Å²) in [5, 5.41) is 8.92. The summed E-state index contributed by atoms with van der Waals surface area (Å²) < 4.78 is 5.41. The average Bonchev–Trinajstić information content (AvgIpc) is 3.00. The molecule has 0 aromatic heterocycles. The molecule has 2 heterocycles. The Morgan fingerprint density at radius 1 is 1.24 bits per heavy atom. The van der Waals surface area contributed by atoms with Gasteiger partial charge in [-0.1, -0.05) is 19.3 Å². The van der Waals surface area contributed by atoms with E-state index in [-0.39, 0.29) is 24.5 Å². The Bertz CT molecular complexity index is 469. The molecule has 3 fully saturated rings. The van der Waals surface area contributed by atoms with Gasteiger partial charge in [-0.05, 0) is 25.7 Å². The largest absolute Gasteiger partial charge is 0.479 e. The first-order valence-electron chi connectivity index (χ1n) is 7.75. The maximum absolute atomic E-state index is 12.6. The van der Waals surface area contributed by atoms with Gasteiger partial charge in [0.25, 0.3) is 0 Å². The van der Waals surface area contributed by atoms with Crippen LogP contribution in [0.3, 0.4) is 0 Å². The molecule has 0 aromatic carbocycles. The second kappa shape index (κ2) is 5.40. The van der Waals surface area contributed by atoms with E-state index < -0.39 is 17.5 Å². The molecule has 1 aliphatic carbocycles. The van der Waals surface area contributed by atoms with Crippen molar-refractivity contribution in [1.82, 2.24) is 4.90 Å². The molecule has 6 nitrogen and oxygen atoms in total. The van der Waals surface area contributed by atoms with Crippen LogP contribution >= 0.6 is 0 Å². The van der Waals surface area contributed by atoms with Crippen LogP contribution < -0.4 is 0 Å². The lowest BCUT2D eigenvalue weighted by atomic mass is 9.73. The number of carboxylic acid groups (broad SMARTS) is 1. The summed E-state index contributed by atoms with van der Waals surface area (Å²) in [7, 11) is 0. The van der Waals surface area contributed by atoms with Crippen molar-refractivity contribution in [3.8, 4) is 0 Å². The van der Waals surface area contributed by atoms with Crippen LogP contribution in [0.1, 0.15) is 51.4 Å². The van der Waals surface area contributed by atoms with E-state index >= 15 is 0 Å². The molecular formula is C15H21NO5. The number of aliphatic carboxylic acids is 1. The molecular weight excluding hydrogens is 274 g/mol. The van der Waals surface area contributed by atoms with Gasteiger partial charge in [0, 0.05) is 6.42 Å². The predicted molar refractivity (Wildman–Crippen MR) is 72.4 cm³/mol. The molecule has 21 heavy (non-hydrogen) atoms. The van der Waals surface area contributed by atoms with E-state index in [1.807, 2.05) is 0 Å². The Morgan fingerprint density at radius 2 is 1.95 bits per heavy atom. The van der Waals surface area contributed by atoms with Crippen molar-refractivity contribution < 1.29 is 24.2 Å². The topological polar surface area (TPSA) is 83.9 Å². The van der Waals surface area contributed by atoms with Crippen LogP contribution in [-0.4, -0.2) is 46.5 Å². The summed E-state index contributed by atoms with van der Waals surface area (Å²) in [5.74, 6) is -1.15. The van der Waals surface area contributed by atoms with Gasteiger partial charge in [-0.2, -0.15) is 0 Å². The van der Waals surface area contributed by atoms with Gasteiger partial charge < -0.3 is 9.84 Å². The maximum Gasteiger partial charge on any atom is 0.332 e. The molecule has 2 saturated heterocycles. The number of nitrogens with zero attached hydrogens (tertiary/aromatic N) is 1. The van der Waals surface area contributed by atoms with Gasteiger partial charge in [0.2, 0.25) is 11.8 Å². The third-order valence-corrected chi connectivity index (χ3v) is 5.07. The fourth-order valence-electron chi connectivity index (χ4n) is 3.89. The van der Waals surface area contributed by atoms with Crippen LogP contribution in [0.25, 0.3) is 0 Å². The van der Waals surface area contributed by atoms with Crippen LogP contribution in [-0.2, 0) is 19.1 Å². The van der Waals surface area contributed by atoms with Crippen LogP contribution in [0.4, 0.5) is 0 Å². The first-order chi connectivity index (χ1) is 10.0. The molecule has 6 heteroatoms. The number of hydrogen-bond donors (Lipinski definition) is 1. The second-order valence-corrected chi connectivity index (χ2v) is 6.49. The van der Waals surface area contributed by atoms with Crippen molar-refractivity contribution in [1.29, 1.82) is 0 Å². The van der Waals surface area contributed by atoms with Crippen molar-refractivity contribution in [2.75, 3.05) is 6.54 Å². The van der Waals surface area contributed by atoms with Gasteiger partial charge in [-0.15, -0.1) is 0 Å². The summed E-state index contributed by atoms with van der Waals surface area (Å²) in [4.78, 5) is 37.0. The monoisotopic (exact) mass is 295 g/mol. The summed E-state index contributed by atoms with van der Waals surface area (Å²) >= 11 is 0. The van der Waals surface area contributed by atoms with E-state index in [1.165, 1.54) is 4.90 Å². The van der Waals surface area contributed by atoms with Crippen molar-refractivity contribution >= 4 is 17.8 Å². The lowest BCUT2D eigenvalue weighted by molar-refractivity contribution is -0.151. The molecule has 0 bridgehead atoms. The van der Waals surface area contributed by atoms with Crippen molar-refractivity contribution in [3.05, 3.63) is 0 Å². The minimum absolute atomic E-state index is 0.0606. The van der Waals surface area contributed by atoms with E-state index in [9.17, 15) is 14.4 Å². The zero-order valence-electron chi connectivity index (χ0n) is 12.0. The first kappa shape index (κ1) is 14.5. The Morgan fingerprint density at radius 3 is 2.57 bits per heavy atom. The van der Waals surface area contributed by atoms with Gasteiger partial charge in [-0.3, -0.25) is 14.5 Å². The van der Waals surface area contributed by atoms with E-state index in [0.717, 1.165) is 32.1 Å². The summed E-state index contributed by atoms with van der Waals surface area (Å²) in [5.41, 5.74) is -0.472. The van der Waals surface area contributed by atoms with E-state index in [2.05, 4.69) is 0 Å². The molecule has 116 valence electrons. The molecule has 0 radical (unpaired) electrons. The van der Waals surface area contributed by atoms with Crippen LogP contribution in [0.5, 0.6) is 0 Å². The van der Waals surface area contributed by atoms with E-state index in [4.69, 9.17) is 9.84 Å². The lowest BCUT2D eigenvalue weighted by Gasteiger charge is -2.30. The smallest absolute Gasteiger partial charge is 0.332 e. The maximum atomic E-state index is 12.6. The Balaban J connectivity index is 1.65. The van der Waals surface area contributed by atoms with Crippen molar-refractivity contribution in [2.24, 2.45) is 5.41 Å². The van der Waals surface area contributed by atoms with Gasteiger partial charge in [-0.25, -0.2) is 4.79 Å². The number of carbonyl (C=O) groups is 3. The predicted octanol–water partition coefficient (Wildman–Crippen LogP) is 1.33. The number of amides is 2. The molecule has 3 rings (SSSR count). The van der Waals surface area contributed by atoms with Crippen molar-refractivity contribution in [2.45, 2.75) is 63.6 Å². The summed E-state index contributed by atoms with van der Waals surface area (Å²) in [6.07, 6.45) is 4.97. The zero-order chi connectivity index (χ0) is 15.0. The highest BCUT2D eigenvalue weighted by atomic mass is 16.5. The van der Waals surface area contributed by atoms with Crippen LogP contribution in [0, 0.1) is 5.41 Å². The zero-order valence-corrected chi connectivity index (χ0v) is 12.0. The number of ether oxygens (including phenoxy) is 1. The van der Waals surface area contributed by atoms with Crippen LogP contribution in [0.15, 0.2) is 0 Å². The number of hydrogen-bond acceptors (Lipinski definition) is 4. The van der Waals surface area contributed by atoms with Gasteiger partial charge in [0.1, 0.15) is 0 Å². The first-order valence-corrected chi connectivity index (χ1v) is 7.75. The average molecular weight is 295 g/mol. The lowest BCUT2D eigenvalue weighted by Crippen LogP contribution is -2.41. The number of imide groups is 1. The van der Waals surface area contributed by atoms with E-state index in [1.54, 1.807) is 0 Å². The van der Waals surface area contributed by atoms with Gasteiger partial charge >= 0.3 is 5.97 Å². The third kappa shape index (κ3) is 2.57. The molecule has 3 aliphatic rings. The fourth-order valence-corrected chi connectivity index (χ4v) is 3.89. The third-order valence-electron chi connectivity index (χ3n) is 5.07. The fraction of sp³-hybridized carbons (Fsp3) is 0.800. The van der Waals surface area contributed by atoms with E-state index in [0.29, 0.717) is 19.3 Å².